The minimum atomic E-state index is -3.58. The molecule has 1 rings (SSSR count). The van der Waals surface area contributed by atoms with E-state index in [1.54, 1.807) is 18.2 Å². The largest absolute Gasteiger partial charge is 0.380 e. The SMILES string of the molecule is COCc1ccc(Cl)cc1CS(=O)(=O)Cl. The molecule has 0 spiro atoms. The fourth-order valence-corrected chi connectivity index (χ4v) is 2.40. The van der Waals surface area contributed by atoms with Crippen LogP contribution in [0.3, 0.4) is 0 Å². The molecule has 1 aromatic rings. The molecule has 0 saturated carbocycles. The van der Waals surface area contributed by atoms with Crippen LogP contribution < -0.4 is 0 Å². The summed E-state index contributed by atoms with van der Waals surface area (Å²) >= 11 is 5.77. The number of ether oxygens (including phenoxy) is 1. The highest BCUT2D eigenvalue weighted by Gasteiger charge is 2.11. The first kappa shape index (κ1) is 12.8. The molecule has 84 valence electrons. The Morgan fingerprint density at radius 2 is 2.00 bits per heavy atom. The molecule has 0 unspecified atom stereocenters. The van der Waals surface area contributed by atoms with Gasteiger partial charge in [0.1, 0.15) is 0 Å². The van der Waals surface area contributed by atoms with Crippen LogP contribution in [0.2, 0.25) is 5.02 Å². The molecule has 0 N–H and O–H groups in total. The Labute approximate surface area is 98.4 Å². The third-order valence-corrected chi connectivity index (χ3v) is 3.01. The fourth-order valence-electron chi connectivity index (χ4n) is 1.21. The third kappa shape index (κ3) is 4.38. The van der Waals surface area contributed by atoms with Gasteiger partial charge in [-0.05, 0) is 23.3 Å². The predicted octanol–water partition coefficient (Wildman–Crippen LogP) is 2.56. The van der Waals surface area contributed by atoms with Crippen LogP contribution in [0, 0.1) is 0 Å². The van der Waals surface area contributed by atoms with Gasteiger partial charge in [0.05, 0.1) is 12.4 Å². The normalized spacial score (nSPS) is 11.7. The average molecular weight is 269 g/mol. The van der Waals surface area contributed by atoms with E-state index in [1.807, 2.05) is 0 Å². The van der Waals surface area contributed by atoms with Gasteiger partial charge in [-0.25, -0.2) is 8.42 Å². The lowest BCUT2D eigenvalue weighted by Gasteiger charge is -2.07. The summed E-state index contributed by atoms with van der Waals surface area (Å²) in [4.78, 5) is 0. The Kier molecular flexibility index (Phi) is 4.40. The molecule has 0 radical (unpaired) electrons. The monoisotopic (exact) mass is 268 g/mol. The van der Waals surface area contributed by atoms with Gasteiger partial charge in [0.25, 0.3) is 0 Å². The highest BCUT2D eigenvalue weighted by Crippen LogP contribution is 2.20. The zero-order valence-corrected chi connectivity index (χ0v) is 10.4. The van der Waals surface area contributed by atoms with E-state index in [2.05, 4.69) is 0 Å². The van der Waals surface area contributed by atoms with Crippen LogP contribution in [0.4, 0.5) is 0 Å². The summed E-state index contributed by atoms with van der Waals surface area (Å²) in [5.41, 5.74) is 1.34. The van der Waals surface area contributed by atoms with Crippen molar-refractivity contribution in [2.24, 2.45) is 0 Å². The molecule has 15 heavy (non-hydrogen) atoms. The first-order valence-corrected chi connectivity index (χ1v) is 6.96. The van der Waals surface area contributed by atoms with E-state index in [0.29, 0.717) is 17.2 Å². The Balaban J connectivity index is 3.07. The molecule has 6 heteroatoms. The summed E-state index contributed by atoms with van der Waals surface area (Å²) in [7, 11) is 3.14. The zero-order valence-electron chi connectivity index (χ0n) is 8.04. The number of hydrogen-bond donors (Lipinski definition) is 0. The van der Waals surface area contributed by atoms with E-state index < -0.39 is 9.05 Å². The maximum absolute atomic E-state index is 10.9. The number of rotatable bonds is 4. The molecule has 0 aliphatic heterocycles. The summed E-state index contributed by atoms with van der Waals surface area (Å²) < 4.78 is 26.8. The van der Waals surface area contributed by atoms with Crippen molar-refractivity contribution in [3.8, 4) is 0 Å². The molecule has 0 bridgehead atoms. The van der Waals surface area contributed by atoms with Gasteiger partial charge in [0.15, 0.2) is 0 Å². The molecular formula is C9H10Cl2O3S. The Morgan fingerprint density at radius 3 is 2.53 bits per heavy atom. The van der Waals surface area contributed by atoms with Crippen molar-refractivity contribution >= 4 is 31.3 Å². The van der Waals surface area contributed by atoms with Crippen molar-refractivity contribution in [3.05, 3.63) is 34.3 Å². The molecule has 0 heterocycles. The van der Waals surface area contributed by atoms with Crippen molar-refractivity contribution in [2.75, 3.05) is 7.11 Å². The molecule has 0 amide bonds. The zero-order chi connectivity index (χ0) is 11.5. The van der Waals surface area contributed by atoms with E-state index in [-0.39, 0.29) is 5.75 Å². The Hall–Kier alpha value is -0.290. The van der Waals surface area contributed by atoms with Crippen LogP contribution in [0.25, 0.3) is 0 Å². The molecule has 0 saturated heterocycles. The lowest BCUT2D eigenvalue weighted by Crippen LogP contribution is -2.01. The molecule has 0 aliphatic rings. The van der Waals surface area contributed by atoms with E-state index in [9.17, 15) is 8.42 Å². The minimum absolute atomic E-state index is 0.242. The van der Waals surface area contributed by atoms with Gasteiger partial charge in [-0.2, -0.15) is 0 Å². The molecule has 0 aliphatic carbocycles. The molecule has 0 fully saturated rings. The van der Waals surface area contributed by atoms with E-state index in [1.165, 1.54) is 7.11 Å². The molecule has 0 atom stereocenters. The summed E-state index contributed by atoms with van der Waals surface area (Å²) in [5.74, 6) is -0.242. The first-order valence-electron chi connectivity index (χ1n) is 4.11. The number of methoxy groups -OCH3 is 1. The van der Waals surface area contributed by atoms with Crippen molar-refractivity contribution in [2.45, 2.75) is 12.4 Å². The van der Waals surface area contributed by atoms with Crippen molar-refractivity contribution in [1.82, 2.24) is 0 Å². The first-order chi connectivity index (χ1) is 6.92. The van der Waals surface area contributed by atoms with Crippen molar-refractivity contribution in [1.29, 1.82) is 0 Å². The second kappa shape index (κ2) is 5.16. The van der Waals surface area contributed by atoms with Gasteiger partial charge in [-0.1, -0.05) is 17.7 Å². The van der Waals surface area contributed by atoms with E-state index in [4.69, 9.17) is 27.0 Å². The van der Waals surface area contributed by atoms with Crippen LogP contribution in [-0.4, -0.2) is 15.5 Å². The highest BCUT2D eigenvalue weighted by atomic mass is 35.7. The van der Waals surface area contributed by atoms with Crippen LogP contribution in [0.1, 0.15) is 11.1 Å². The van der Waals surface area contributed by atoms with Gasteiger partial charge < -0.3 is 4.74 Å². The molecular weight excluding hydrogens is 259 g/mol. The molecule has 3 nitrogen and oxygen atoms in total. The minimum Gasteiger partial charge on any atom is -0.380 e. The second-order valence-electron chi connectivity index (χ2n) is 3.03. The van der Waals surface area contributed by atoms with Crippen LogP contribution >= 0.6 is 22.3 Å². The number of halogens is 2. The van der Waals surface area contributed by atoms with Crippen LogP contribution in [0.15, 0.2) is 18.2 Å². The van der Waals surface area contributed by atoms with Gasteiger partial charge in [0.2, 0.25) is 9.05 Å². The second-order valence-corrected chi connectivity index (χ2v) is 6.24. The van der Waals surface area contributed by atoms with E-state index >= 15 is 0 Å². The van der Waals surface area contributed by atoms with Gasteiger partial charge in [-0.3, -0.25) is 0 Å². The quantitative estimate of drug-likeness (QED) is 0.789. The fraction of sp³-hybridized carbons (Fsp3) is 0.333. The predicted molar refractivity (Wildman–Crippen MR) is 60.6 cm³/mol. The van der Waals surface area contributed by atoms with Crippen LogP contribution in [0.5, 0.6) is 0 Å². The average Bonchev–Trinajstić information content (AvgIpc) is 2.07. The standard InChI is InChI=1S/C9H10Cl2O3S/c1-14-5-7-2-3-9(10)4-8(7)6-15(11,12)13/h2-4H,5-6H2,1H3. The lowest BCUT2D eigenvalue weighted by molar-refractivity contribution is 0.184. The maximum atomic E-state index is 10.9. The topological polar surface area (TPSA) is 43.4 Å². The summed E-state index contributed by atoms with van der Waals surface area (Å²) in [5, 5.41) is 0.477. The van der Waals surface area contributed by atoms with Gasteiger partial charge in [0, 0.05) is 22.8 Å². The summed E-state index contributed by atoms with van der Waals surface area (Å²) in [6.07, 6.45) is 0. The lowest BCUT2D eigenvalue weighted by atomic mass is 10.1. The van der Waals surface area contributed by atoms with Crippen molar-refractivity contribution in [3.63, 3.8) is 0 Å². The summed E-state index contributed by atoms with van der Waals surface area (Å²) in [6.45, 7) is 0.332. The maximum Gasteiger partial charge on any atom is 0.236 e. The van der Waals surface area contributed by atoms with E-state index in [0.717, 1.165) is 5.56 Å². The van der Waals surface area contributed by atoms with Crippen molar-refractivity contribution < 1.29 is 13.2 Å². The van der Waals surface area contributed by atoms with Crippen LogP contribution in [-0.2, 0) is 26.1 Å². The molecule has 0 aromatic heterocycles. The Morgan fingerprint density at radius 1 is 1.33 bits per heavy atom. The third-order valence-electron chi connectivity index (χ3n) is 1.80. The number of hydrogen-bond acceptors (Lipinski definition) is 3. The highest BCUT2D eigenvalue weighted by molar-refractivity contribution is 8.13. The van der Waals surface area contributed by atoms with Gasteiger partial charge in [-0.15, -0.1) is 0 Å². The smallest absolute Gasteiger partial charge is 0.236 e. The Bertz CT molecular complexity index is 443. The number of benzene rings is 1. The molecule has 1 aromatic carbocycles. The summed E-state index contributed by atoms with van der Waals surface area (Å²) in [6, 6.07) is 4.99. The van der Waals surface area contributed by atoms with Gasteiger partial charge >= 0.3 is 0 Å².